The number of rotatable bonds is 5. The second kappa shape index (κ2) is 11.3. The fourth-order valence-electron chi connectivity index (χ4n) is 4.97. The van der Waals surface area contributed by atoms with E-state index in [-0.39, 0.29) is 33.9 Å². The maximum absolute atomic E-state index is 14.0. The number of carbonyl (C=O) groups excluding carboxylic acids is 2. The number of H-pyrrole nitrogens is 1. The summed E-state index contributed by atoms with van der Waals surface area (Å²) in [5, 5.41) is 9.19. The topological polar surface area (TPSA) is 122 Å². The average molecular weight is 564 g/mol. The molecular formula is C30H24F3N3O5. The highest BCUT2D eigenvalue weighted by atomic mass is 19.4. The average Bonchev–Trinajstić information content (AvgIpc) is 2.92. The Hall–Kier alpha value is -4.98. The van der Waals surface area contributed by atoms with Gasteiger partial charge in [0.1, 0.15) is 23.3 Å². The van der Waals surface area contributed by atoms with Crippen molar-refractivity contribution in [3.8, 4) is 22.9 Å². The summed E-state index contributed by atoms with van der Waals surface area (Å²) in [5.74, 6) is -4.42. The molecule has 41 heavy (non-hydrogen) atoms. The molecule has 8 nitrogen and oxygen atoms in total. The number of methoxy groups -OCH3 is 1. The first-order valence-corrected chi connectivity index (χ1v) is 12.3. The largest absolute Gasteiger partial charge is 0.468 e. The molecule has 1 N–H and O–H groups in total. The number of aromatic amines is 1. The van der Waals surface area contributed by atoms with Crippen LogP contribution in [0.4, 0.5) is 13.2 Å². The SMILES string of the molecule is COC(=O)C1C(C)=NC(C)=C(C(=O)Oc2ccc(-c3cc(C#N)c(=O)[nH]c3C)cc2)C1c1ccccc1C(F)(F)F. The predicted octanol–water partition coefficient (Wildman–Crippen LogP) is 5.47. The Balaban J connectivity index is 1.75. The summed E-state index contributed by atoms with van der Waals surface area (Å²) in [4.78, 5) is 45.2. The number of nitriles is 1. The standard InChI is InChI=1S/C30H24F3N3O5/c1-15-22(13-19(14-34)27(37)36-15)18-9-11-20(12-10-18)41-29(39)25-17(3)35-16(2)24(28(38)40-4)26(25)21-7-5-6-8-23(21)30(31,32)33/h5-13,24,26H,1-4H3,(H,36,37). The number of nitrogens with one attached hydrogen (secondary N) is 1. The number of ether oxygens (including phenoxy) is 2. The highest BCUT2D eigenvalue weighted by Gasteiger charge is 2.46. The second-order valence-corrected chi connectivity index (χ2v) is 9.39. The molecule has 0 bridgehead atoms. The quantitative estimate of drug-likeness (QED) is 0.325. The zero-order chi connectivity index (χ0) is 30.1. The van der Waals surface area contributed by atoms with Gasteiger partial charge in [0.25, 0.3) is 5.56 Å². The molecule has 1 aliphatic rings. The highest BCUT2D eigenvalue weighted by Crippen LogP contribution is 2.45. The van der Waals surface area contributed by atoms with Crippen LogP contribution in [0.25, 0.3) is 11.1 Å². The molecule has 0 spiro atoms. The number of esters is 2. The molecule has 2 heterocycles. The Bertz CT molecular complexity index is 1700. The van der Waals surface area contributed by atoms with E-state index in [4.69, 9.17) is 9.47 Å². The van der Waals surface area contributed by atoms with Crippen LogP contribution in [0.5, 0.6) is 5.75 Å². The normalized spacial score (nSPS) is 17.0. The lowest BCUT2D eigenvalue weighted by atomic mass is 9.74. The predicted molar refractivity (Wildman–Crippen MR) is 143 cm³/mol. The maximum Gasteiger partial charge on any atom is 0.416 e. The molecule has 4 rings (SSSR count). The summed E-state index contributed by atoms with van der Waals surface area (Å²) in [5.41, 5.74) is -0.0359. The van der Waals surface area contributed by atoms with Gasteiger partial charge in [-0.05, 0) is 56.2 Å². The number of hydrogen-bond acceptors (Lipinski definition) is 7. The number of alkyl halides is 3. The first-order valence-electron chi connectivity index (χ1n) is 12.3. The minimum absolute atomic E-state index is 0.0676. The summed E-state index contributed by atoms with van der Waals surface area (Å²) in [6.45, 7) is 4.63. The molecule has 11 heteroatoms. The van der Waals surface area contributed by atoms with Gasteiger partial charge in [0.15, 0.2) is 0 Å². The number of halogens is 3. The van der Waals surface area contributed by atoms with Crippen molar-refractivity contribution in [2.24, 2.45) is 10.9 Å². The van der Waals surface area contributed by atoms with Crippen LogP contribution in [0.3, 0.4) is 0 Å². The van der Waals surface area contributed by atoms with Crippen LogP contribution in [0.2, 0.25) is 0 Å². The van der Waals surface area contributed by atoms with E-state index in [9.17, 15) is 32.8 Å². The fourth-order valence-corrected chi connectivity index (χ4v) is 4.97. The summed E-state index contributed by atoms with van der Waals surface area (Å²) in [6.07, 6.45) is -4.76. The number of nitrogens with zero attached hydrogens (tertiary/aromatic N) is 2. The van der Waals surface area contributed by atoms with Gasteiger partial charge >= 0.3 is 18.1 Å². The first kappa shape index (κ1) is 29.0. The van der Waals surface area contributed by atoms with Crippen molar-refractivity contribution in [3.05, 3.63) is 98.6 Å². The lowest BCUT2D eigenvalue weighted by molar-refractivity contribution is -0.145. The van der Waals surface area contributed by atoms with Crippen LogP contribution in [-0.2, 0) is 20.5 Å². The summed E-state index contributed by atoms with van der Waals surface area (Å²) in [6, 6.07) is 14.1. The van der Waals surface area contributed by atoms with E-state index in [1.807, 2.05) is 6.07 Å². The number of aromatic nitrogens is 1. The Morgan fingerprint density at radius 1 is 1.05 bits per heavy atom. The Labute approximate surface area is 232 Å². The minimum atomic E-state index is -4.76. The van der Waals surface area contributed by atoms with E-state index < -0.39 is 41.1 Å². The van der Waals surface area contributed by atoms with E-state index in [0.717, 1.165) is 13.2 Å². The van der Waals surface area contributed by atoms with Gasteiger partial charge in [-0.3, -0.25) is 14.6 Å². The van der Waals surface area contributed by atoms with Crippen LogP contribution >= 0.6 is 0 Å². The maximum atomic E-state index is 14.0. The van der Waals surface area contributed by atoms with Gasteiger partial charge in [-0.1, -0.05) is 30.3 Å². The molecule has 0 aliphatic carbocycles. The highest BCUT2D eigenvalue weighted by molar-refractivity contribution is 6.07. The van der Waals surface area contributed by atoms with Crippen LogP contribution in [0, 0.1) is 24.2 Å². The van der Waals surface area contributed by atoms with Crippen molar-refractivity contribution in [1.29, 1.82) is 5.26 Å². The molecule has 0 saturated carbocycles. The third kappa shape index (κ3) is 5.68. The van der Waals surface area contributed by atoms with E-state index in [1.54, 1.807) is 19.1 Å². The molecule has 0 fully saturated rings. The van der Waals surface area contributed by atoms with Crippen molar-refractivity contribution in [1.82, 2.24) is 4.98 Å². The first-order chi connectivity index (χ1) is 19.4. The van der Waals surface area contributed by atoms with E-state index in [0.29, 0.717) is 16.8 Å². The Morgan fingerprint density at radius 2 is 1.71 bits per heavy atom. The molecule has 1 aromatic heterocycles. The van der Waals surface area contributed by atoms with Crippen LogP contribution in [-0.4, -0.2) is 29.7 Å². The number of carbonyl (C=O) groups is 2. The number of allylic oxidation sites excluding steroid dienone is 1. The molecule has 0 saturated heterocycles. The van der Waals surface area contributed by atoms with Gasteiger partial charge in [-0.15, -0.1) is 0 Å². The number of aryl methyl sites for hydroxylation is 1. The summed E-state index contributed by atoms with van der Waals surface area (Å²) >= 11 is 0. The van der Waals surface area contributed by atoms with Gasteiger partial charge in [0.2, 0.25) is 0 Å². The van der Waals surface area contributed by atoms with Crippen molar-refractivity contribution in [2.75, 3.05) is 7.11 Å². The fraction of sp³-hybridized carbons (Fsp3) is 0.233. The monoisotopic (exact) mass is 563 g/mol. The molecule has 3 aromatic rings. The van der Waals surface area contributed by atoms with Crippen LogP contribution < -0.4 is 10.3 Å². The number of aliphatic imine (C=N–C) groups is 1. The number of hydrogen-bond donors (Lipinski definition) is 1. The molecular weight excluding hydrogens is 539 g/mol. The lowest BCUT2D eigenvalue weighted by Crippen LogP contribution is -2.37. The van der Waals surface area contributed by atoms with Gasteiger partial charge < -0.3 is 14.5 Å². The van der Waals surface area contributed by atoms with E-state index >= 15 is 0 Å². The Kier molecular flexibility index (Phi) is 7.96. The molecule has 0 radical (unpaired) electrons. The van der Waals surface area contributed by atoms with Crippen molar-refractivity contribution >= 4 is 17.7 Å². The third-order valence-corrected chi connectivity index (χ3v) is 6.84. The van der Waals surface area contributed by atoms with Crippen molar-refractivity contribution in [3.63, 3.8) is 0 Å². The smallest absolute Gasteiger partial charge is 0.416 e. The van der Waals surface area contributed by atoms with Crippen molar-refractivity contribution in [2.45, 2.75) is 32.9 Å². The molecule has 2 aromatic carbocycles. The lowest BCUT2D eigenvalue weighted by Gasteiger charge is -2.32. The van der Waals surface area contributed by atoms with Gasteiger partial charge in [-0.25, -0.2) is 4.79 Å². The van der Waals surface area contributed by atoms with Gasteiger partial charge in [0, 0.05) is 28.6 Å². The zero-order valence-electron chi connectivity index (χ0n) is 22.4. The third-order valence-electron chi connectivity index (χ3n) is 6.84. The zero-order valence-corrected chi connectivity index (χ0v) is 22.4. The molecule has 2 unspecified atom stereocenters. The minimum Gasteiger partial charge on any atom is -0.468 e. The van der Waals surface area contributed by atoms with Crippen LogP contribution in [0.15, 0.2) is 75.7 Å². The van der Waals surface area contributed by atoms with Crippen LogP contribution in [0.1, 0.15) is 42.1 Å². The molecule has 0 amide bonds. The number of pyridine rings is 1. The number of benzene rings is 2. The van der Waals surface area contributed by atoms with Gasteiger partial charge in [-0.2, -0.15) is 18.4 Å². The molecule has 1 aliphatic heterocycles. The molecule has 2 atom stereocenters. The van der Waals surface area contributed by atoms with E-state index in [2.05, 4.69) is 9.98 Å². The summed E-state index contributed by atoms with van der Waals surface area (Å²) in [7, 11) is 1.11. The van der Waals surface area contributed by atoms with E-state index in [1.165, 1.54) is 50.2 Å². The van der Waals surface area contributed by atoms with Crippen molar-refractivity contribution < 1.29 is 32.2 Å². The van der Waals surface area contributed by atoms with Gasteiger partial charge in [0.05, 0.1) is 18.2 Å². The summed E-state index contributed by atoms with van der Waals surface area (Å²) < 4.78 is 52.6. The molecule has 210 valence electrons. The Morgan fingerprint density at radius 3 is 2.32 bits per heavy atom. The second-order valence-electron chi connectivity index (χ2n) is 9.39.